The largest absolute Gasteiger partial charge is 0.462 e. The summed E-state index contributed by atoms with van der Waals surface area (Å²) >= 11 is 1.07. The molecule has 2 aromatic rings. The van der Waals surface area contributed by atoms with Crippen molar-refractivity contribution in [3.8, 4) is 0 Å². The van der Waals surface area contributed by atoms with E-state index in [9.17, 15) is 14.4 Å². The fourth-order valence-corrected chi connectivity index (χ4v) is 3.01. The number of amides is 4. The van der Waals surface area contributed by atoms with Crippen molar-refractivity contribution in [2.45, 2.75) is 37.9 Å². The number of furan rings is 1. The highest BCUT2D eigenvalue weighted by Crippen LogP contribution is 2.19. The second-order valence-corrected chi connectivity index (χ2v) is 7.31. The molecule has 2 aromatic heterocycles. The third-order valence-electron chi connectivity index (χ3n) is 4.19. The third kappa shape index (κ3) is 4.25. The van der Waals surface area contributed by atoms with Crippen LogP contribution in [0.25, 0.3) is 12.2 Å². The molecule has 0 bridgehead atoms. The highest BCUT2D eigenvalue weighted by Gasteiger charge is 2.47. The molecule has 1 aliphatic rings. The van der Waals surface area contributed by atoms with E-state index in [4.69, 9.17) is 4.42 Å². The van der Waals surface area contributed by atoms with Crippen LogP contribution >= 0.6 is 11.8 Å². The van der Waals surface area contributed by atoms with Crippen LogP contribution in [0.15, 0.2) is 21.7 Å². The van der Waals surface area contributed by atoms with Gasteiger partial charge < -0.3 is 9.73 Å². The molecule has 0 aromatic carbocycles. The van der Waals surface area contributed by atoms with Gasteiger partial charge in [-0.1, -0.05) is 18.7 Å². The lowest BCUT2D eigenvalue weighted by molar-refractivity contribution is -0.137. The van der Waals surface area contributed by atoms with Crippen molar-refractivity contribution >= 4 is 41.8 Å². The highest BCUT2D eigenvalue weighted by atomic mass is 32.2. The number of aryl methyl sites for hydroxylation is 1. The van der Waals surface area contributed by atoms with E-state index >= 15 is 0 Å². The molecule has 1 aliphatic heterocycles. The number of nitrogens with one attached hydrogen (secondary N) is 3. The number of nitrogens with zero attached hydrogens (tertiary/aromatic N) is 3. The van der Waals surface area contributed by atoms with Gasteiger partial charge in [-0.25, -0.2) is 9.78 Å². The van der Waals surface area contributed by atoms with E-state index < -0.39 is 23.4 Å². The summed E-state index contributed by atoms with van der Waals surface area (Å²) < 4.78 is 5.42. The van der Waals surface area contributed by atoms with E-state index in [1.54, 1.807) is 26.0 Å². The summed E-state index contributed by atoms with van der Waals surface area (Å²) in [6, 6.07) is 3.04. The van der Waals surface area contributed by atoms with Crippen LogP contribution in [0.1, 0.15) is 37.6 Å². The van der Waals surface area contributed by atoms with Crippen LogP contribution in [0, 0.1) is 6.92 Å². The molecule has 3 rings (SSSR count). The Morgan fingerprint density at radius 1 is 1.39 bits per heavy atom. The molecule has 0 radical (unpaired) electrons. The van der Waals surface area contributed by atoms with E-state index in [1.807, 2.05) is 19.1 Å². The Labute approximate surface area is 165 Å². The number of H-pyrrole nitrogens is 1. The van der Waals surface area contributed by atoms with Crippen LogP contribution in [0.2, 0.25) is 0 Å². The van der Waals surface area contributed by atoms with Gasteiger partial charge in [0, 0.05) is 0 Å². The number of aromatic amines is 1. The van der Waals surface area contributed by atoms with Gasteiger partial charge in [0.1, 0.15) is 22.9 Å². The van der Waals surface area contributed by atoms with Crippen molar-refractivity contribution in [3.05, 3.63) is 29.5 Å². The molecule has 4 amide bonds. The van der Waals surface area contributed by atoms with Gasteiger partial charge in [0.15, 0.2) is 0 Å². The van der Waals surface area contributed by atoms with E-state index in [0.717, 1.165) is 17.5 Å². The van der Waals surface area contributed by atoms with Gasteiger partial charge in [-0.2, -0.15) is 5.01 Å². The molecule has 0 aliphatic carbocycles. The van der Waals surface area contributed by atoms with Crippen LogP contribution in [0.5, 0.6) is 0 Å². The van der Waals surface area contributed by atoms with Crippen LogP contribution in [-0.2, 0) is 9.59 Å². The predicted octanol–water partition coefficient (Wildman–Crippen LogP) is 1.72. The van der Waals surface area contributed by atoms with Crippen molar-refractivity contribution in [1.29, 1.82) is 0 Å². The summed E-state index contributed by atoms with van der Waals surface area (Å²) in [7, 11) is 0. The molecule has 1 fully saturated rings. The first kappa shape index (κ1) is 19.7. The summed E-state index contributed by atoms with van der Waals surface area (Å²) in [6.07, 6.45) is 3.87. The highest BCUT2D eigenvalue weighted by molar-refractivity contribution is 7.99. The van der Waals surface area contributed by atoms with Gasteiger partial charge in [-0.15, -0.1) is 5.10 Å². The topological polar surface area (TPSA) is 133 Å². The Morgan fingerprint density at radius 2 is 2.18 bits per heavy atom. The first-order chi connectivity index (χ1) is 13.3. The Bertz CT molecular complexity index is 936. The van der Waals surface area contributed by atoms with Crippen LogP contribution in [0.3, 0.4) is 0 Å². The molecule has 148 valence electrons. The van der Waals surface area contributed by atoms with E-state index in [-0.39, 0.29) is 5.75 Å². The summed E-state index contributed by atoms with van der Waals surface area (Å²) in [4.78, 5) is 40.5. The molecule has 1 unspecified atom stereocenters. The molecule has 3 N–H and O–H groups in total. The first-order valence-electron chi connectivity index (χ1n) is 8.56. The molecule has 0 saturated carbocycles. The average Bonchev–Trinajstić information content (AvgIpc) is 3.34. The molecule has 1 saturated heterocycles. The fraction of sp³-hybridized carbons (Fsp3) is 0.353. The Kier molecular flexibility index (Phi) is 5.54. The SMILES string of the molecule is CCC1(C)NC(=O)N(NC(=O)CSc2n[nH]c(/C=C/c3ccc(C)o3)n2)C1=O. The maximum Gasteiger partial charge on any atom is 0.344 e. The van der Waals surface area contributed by atoms with Crippen molar-refractivity contribution < 1.29 is 18.8 Å². The van der Waals surface area contributed by atoms with Gasteiger partial charge in [-0.3, -0.25) is 20.1 Å². The van der Waals surface area contributed by atoms with Gasteiger partial charge >= 0.3 is 6.03 Å². The first-order valence-corrected chi connectivity index (χ1v) is 9.55. The zero-order valence-corrected chi connectivity index (χ0v) is 16.4. The van der Waals surface area contributed by atoms with Gasteiger partial charge in [-0.05, 0) is 44.6 Å². The smallest absolute Gasteiger partial charge is 0.344 e. The van der Waals surface area contributed by atoms with E-state index in [1.165, 1.54) is 0 Å². The van der Waals surface area contributed by atoms with Crippen LogP contribution in [0.4, 0.5) is 4.79 Å². The molecule has 1 atom stereocenters. The second kappa shape index (κ2) is 7.89. The van der Waals surface area contributed by atoms with Crippen molar-refractivity contribution in [2.24, 2.45) is 0 Å². The zero-order chi connectivity index (χ0) is 20.3. The maximum absolute atomic E-state index is 12.2. The third-order valence-corrected chi connectivity index (χ3v) is 5.03. The van der Waals surface area contributed by atoms with Crippen molar-refractivity contribution in [2.75, 3.05) is 5.75 Å². The fourth-order valence-electron chi connectivity index (χ4n) is 2.41. The van der Waals surface area contributed by atoms with Crippen molar-refractivity contribution in [1.82, 2.24) is 30.9 Å². The number of thioether (sulfide) groups is 1. The van der Waals surface area contributed by atoms with Crippen molar-refractivity contribution in [3.63, 3.8) is 0 Å². The zero-order valence-electron chi connectivity index (χ0n) is 15.6. The minimum Gasteiger partial charge on any atom is -0.462 e. The number of imide groups is 1. The lowest BCUT2D eigenvalue weighted by Crippen LogP contribution is -2.49. The molecular formula is C17H20N6O4S. The number of carbonyl (C=O) groups is 3. The number of hydrogen-bond acceptors (Lipinski definition) is 7. The molecule has 28 heavy (non-hydrogen) atoms. The number of rotatable bonds is 7. The maximum atomic E-state index is 12.2. The van der Waals surface area contributed by atoms with E-state index in [0.29, 0.717) is 28.2 Å². The molecule has 11 heteroatoms. The lowest BCUT2D eigenvalue weighted by Gasteiger charge is -2.19. The molecular weight excluding hydrogens is 384 g/mol. The summed E-state index contributed by atoms with van der Waals surface area (Å²) in [6.45, 7) is 5.25. The number of hydrogen-bond donors (Lipinski definition) is 3. The average molecular weight is 404 g/mol. The standard InChI is InChI=1S/C17H20N6O4S/c1-4-17(3)14(25)23(16(26)19-17)22-13(24)9-28-15-18-12(20-21-15)8-7-11-6-5-10(2)27-11/h5-8H,4,9H2,1-3H3,(H,19,26)(H,22,24)(H,18,20,21)/b8-7+. The van der Waals surface area contributed by atoms with Gasteiger partial charge in [0.25, 0.3) is 5.91 Å². The summed E-state index contributed by atoms with van der Waals surface area (Å²) in [5.41, 5.74) is 1.31. The minimum absolute atomic E-state index is 0.0573. The lowest BCUT2D eigenvalue weighted by atomic mass is 10.00. The van der Waals surface area contributed by atoms with E-state index in [2.05, 4.69) is 25.9 Å². The van der Waals surface area contributed by atoms with Crippen LogP contribution in [-0.4, -0.2) is 49.3 Å². The second-order valence-electron chi connectivity index (χ2n) is 6.37. The number of urea groups is 1. The number of aromatic nitrogens is 3. The number of carbonyl (C=O) groups excluding carboxylic acids is 3. The monoisotopic (exact) mass is 404 g/mol. The van der Waals surface area contributed by atoms with Gasteiger partial charge in [0.05, 0.1) is 5.75 Å². The molecule has 0 spiro atoms. The summed E-state index contributed by atoms with van der Waals surface area (Å²) in [5, 5.41) is 10.4. The van der Waals surface area contributed by atoms with Gasteiger partial charge in [0.2, 0.25) is 11.1 Å². The quantitative estimate of drug-likeness (QED) is 0.473. The van der Waals surface area contributed by atoms with Crippen LogP contribution < -0.4 is 10.7 Å². The Morgan fingerprint density at radius 3 is 2.82 bits per heavy atom. The normalized spacial score (nSPS) is 19.5. The summed E-state index contributed by atoms with van der Waals surface area (Å²) in [5.74, 6) is 0.945. The molecule has 10 nitrogen and oxygen atoms in total. The molecule has 3 heterocycles. The Balaban J connectivity index is 1.51. The predicted molar refractivity (Wildman–Crippen MR) is 102 cm³/mol. The minimum atomic E-state index is -1.00. The number of hydrazine groups is 1. The Hall–Kier alpha value is -3.08.